The van der Waals surface area contributed by atoms with Crippen molar-refractivity contribution in [2.75, 3.05) is 34.5 Å². The zero-order chi connectivity index (χ0) is 15.7. The van der Waals surface area contributed by atoms with E-state index in [1.165, 1.54) is 7.11 Å². The number of nitrogens with one attached hydrogen (secondary N) is 2. The van der Waals surface area contributed by atoms with E-state index < -0.39 is 0 Å². The molecule has 0 saturated carbocycles. The Morgan fingerprint density at radius 2 is 2.10 bits per heavy atom. The second-order valence-electron chi connectivity index (χ2n) is 3.86. The van der Waals surface area contributed by atoms with E-state index in [4.69, 9.17) is 38.0 Å². The molecular formula is C13H18ClN3O3S. The van der Waals surface area contributed by atoms with Crippen LogP contribution in [0.1, 0.15) is 5.56 Å². The molecule has 116 valence electrons. The van der Waals surface area contributed by atoms with Gasteiger partial charge in [0.1, 0.15) is 0 Å². The van der Waals surface area contributed by atoms with E-state index in [0.29, 0.717) is 34.8 Å². The van der Waals surface area contributed by atoms with Crippen molar-refractivity contribution in [2.45, 2.75) is 0 Å². The highest BCUT2D eigenvalue weighted by Gasteiger charge is 2.09. The normalized spacial score (nSPS) is 10.5. The number of ether oxygens (including phenoxy) is 3. The summed E-state index contributed by atoms with van der Waals surface area (Å²) in [4.78, 5) is 0. The van der Waals surface area contributed by atoms with E-state index in [1.807, 2.05) is 0 Å². The zero-order valence-electron chi connectivity index (χ0n) is 12.1. The molecular weight excluding hydrogens is 314 g/mol. The maximum absolute atomic E-state index is 6.10. The first-order valence-corrected chi connectivity index (χ1v) is 6.88. The summed E-state index contributed by atoms with van der Waals surface area (Å²) in [5, 5.41) is 7.81. The van der Waals surface area contributed by atoms with Crippen molar-refractivity contribution < 1.29 is 14.2 Å². The molecule has 0 bridgehead atoms. The van der Waals surface area contributed by atoms with E-state index >= 15 is 0 Å². The molecule has 0 aliphatic carbocycles. The average Bonchev–Trinajstić information content (AvgIpc) is 2.47. The van der Waals surface area contributed by atoms with Crippen molar-refractivity contribution in [3.05, 3.63) is 22.7 Å². The topological polar surface area (TPSA) is 64.1 Å². The summed E-state index contributed by atoms with van der Waals surface area (Å²) in [5.74, 6) is 1.02. The summed E-state index contributed by atoms with van der Waals surface area (Å²) in [7, 11) is 4.70. The Bertz CT molecular complexity index is 512. The molecule has 0 aliphatic rings. The predicted octanol–water partition coefficient (Wildman–Crippen LogP) is 1.80. The lowest BCUT2D eigenvalue weighted by atomic mass is 10.2. The molecule has 8 heteroatoms. The van der Waals surface area contributed by atoms with Crippen LogP contribution in [-0.4, -0.2) is 45.8 Å². The molecule has 1 aromatic carbocycles. The molecule has 0 fully saturated rings. The molecule has 6 nitrogen and oxygen atoms in total. The van der Waals surface area contributed by atoms with E-state index in [2.05, 4.69) is 15.8 Å². The van der Waals surface area contributed by atoms with Gasteiger partial charge in [0.15, 0.2) is 16.6 Å². The van der Waals surface area contributed by atoms with Crippen LogP contribution in [0.15, 0.2) is 17.2 Å². The number of rotatable bonds is 7. The first-order chi connectivity index (χ1) is 10.1. The monoisotopic (exact) mass is 331 g/mol. The number of halogens is 1. The van der Waals surface area contributed by atoms with Gasteiger partial charge in [-0.2, -0.15) is 5.10 Å². The van der Waals surface area contributed by atoms with Gasteiger partial charge in [0.2, 0.25) is 0 Å². The largest absolute Gasteiger partial charge is 0.493 e. The third-order valence-corrected chi connectivity index (χ3v) is 2.94. The lowest BCUT2D eigenvalue weighted by Crippen LogP contribution is -2.34. The van der Waals surface area contributed by atoms with Gasteiger partial charge in [-0.25, -0.2) is 0 Å². The third-order valence-electron chi connectivity index (χ3n) is 2.43. The van der Waals surface area contributed by atoms with Crippen molar-refractivity contribution >= 4 is 35.1 Å². The molecule has 0 atom stereocenters. The minimum Gasteiger partial charge on any atom is -0.493 e. The van der Waals surface area contributed by atoms with Gasteiger partial charge in [0.05, 0.1) is 32.1 Å². The molecule has 0 spiro atoms. The predicted molar refractivity (Wildman–Crippen MR) is 87.8 cm³/mol. The number of methoxy groups -OCH3 is 3. The summed E-state index contributed by atoms with van der Waals surface area (Å²) < 4.78 is 15.3. The van der Waals surface area contributed by atoms with Gasteiger partial charge in [0.25, 0.3) is 0 Å². The fourth-order valence-electron chi connectivity index (χ4n) is 1.48. The summed E-state index contributed by atoms with van der Waals surface area (Å²) in [6.45, 7) is 1.18. The molecule has 0 saturated heterocycles. The number of thiocarbonyl (C=S) groups is 1. The molecule has 1 rings (SSSR count). The van der Waals surface area contributed by atoms with E-state index in [-0.39, 0.29) is 0 Å². The van der Waals surface area contributed by atoms with Gasteiger partial charge < -0.3 is 19.5 Å². The van der Waals surface area contributed by atoms with Crippen LogP contribution >= 0.6 is 23.8 Å². The van der Waals surface area contributed by atoms with Crippen molar-refractivity contribution in [3.63, 3.8) is 0 Å². The summed E-state index contributed by atoms with van der Waals surface area (Å²) in [6, 6.07) is 3.48. The van der Waals surface area contributed by atoms with Crippen LogP contribution in [-0.2, 0) is 4.74 Å². The number of hydrogen-bond donors (Lipinski definition) is 2. The Morgan fingerprint density at radius 1 is 1.33 bits per heavy atom. The van der Waals surface area contributed by atoms with Crippen LogP contribution in [0.3, 0.4) is 0 Å². The fourth-order valence-corrected chi connectivity index (χ4v) is 1.94. The van der Waals surface area contributed by atoms with E-state index in [0.717, 1.165) is 5.56 Å². The lowest BCUT2D eigenvalue weighted by Gasteiger charge is -2.10. The maximum atomic E-state index is 6.10. The molecule has 0 unspecified atom stereocenters. The van der Waals surface area contributed by atoms with Gasteiger partial charge in [-0.05, 0) is 29.9 Å². The van der Waals surface area contributed by atoms with Crippen molar-refractivity contribution in [1.82, 2.24) is 10.7 Å². The van der Waals surface area contributed by atoms with Crippen molar-refractivity contribution in [1.29, 1.82) is 0 Å². The molecule has 0 aromatic heterocycles. The van der Waals surface area contributed by atoms with Crippen LogP contribution in [0.5, 0.6) is 11.5 Å². The molecule has 0 amide bonds. The molecule has 1 aromatic rings. The molecule has 21 heavy (non-hydrogen) atoms. The fraction of sp³-hybridized carbons (Fsp3) is 0.385. The van der Waals surface area contributed by atoms with Gasteiger partial charge in [-0.15, -0.1) is 0 Å². The van der Waals surface area contributed by atoms with Crippen LogP contribution in [0, 0.1) is 0 Å². The van der Waals surface area contributed by atoms with Gasteiger partial charge >= 0.3 is 0 Å². The number of nitrogens with zero attached hydrogens (tertiary/aromatic N) is 1. The lowest BCUT2D eigenvalue weighted by molar-refractivity contribution is 0.204. The van der Waals surface area contributed by atoms with Gasteiger partial charge in [0, 0.05) is 13.7 Å². The molecule has 0 radical (unpaired) electrons. The highest BCUT2D eigenvalue weighted by atomic mass is 35.5. The minimum atomic E-state index is 0.412. The highest BCUT2D eigenvalue weighted by molar-refractivity contribution is 7.80. The summed E-state index contributed by atoms with van der Waals surface area (Å²) >= 11 is 11.1. The van der Waals surface area contributed by atoms with Crippen LogP contribution in [0.25, 0.3) is 0 Å². The van der Waals surface area contributed by atoms with Crippen LogP contribution in [0.2, 0.25) is 5.02 Å². The number of benzene rings is 1. The second kappa shape index (κ2) is 9.38. The molecule has 2 N–H and O–H groups in total. The summed E-state index contributed by atoms with van der Waals surface area (Å²) in [6.07, 6.45) is 1.58. The summed E-state index contributed by atoms with van der Waals surface area (Å²) in [5.41, 5.74) is 3.45. The minimum absolute atomic E-state index is 0.412. The van der Waals surface area contributed by atoms with E-state index in [9.17, 15) is 0 Å². The zero-order valence-corrected chi connectivity index (χ0v) is 13.7. The van der Waals surface area contributed by atoms with Crippen molar-refractivity contribution in [2.24, 2.45) is 5.10 Å². The Hall–Kier alpha value is -1.57. The first kappa shape index (κ1) is 17.5. The smallest absolute Gasteiger partial charge is 0.187 e. The van der Waals surface area contributed by atoms with Crippen LogP contribution < -0.4 is 20.2 Å². The Labute approximate surface area is 134 Å². The number of hydrazone groups is 1. The van der Waals surface area contributed by atoms with Crippen LogP contribution in [0.4, 0.5) is 0 Å². The average molecular weight is 332 g/mol. The Morgan fingerprint density at radius 3 is 2.71 bits per heavy atom. The van der Waals surface area contributed by atoms with Crippen molar-refractivity contribution in [3.8, 4) is 11.5 Å². The molecule has 0 aliphatic heterocycles. The third kappa shape index (κ3) is 5.74. The SMILES string of the molecule is COCCNC(=S)N/N=C/c1cc(Cl)c(OC)c(OC)c1. The number of hydrogen-bond acceptors (Lipinski definition) is 5. The Balaban J connectivity index is 2.64. The molecule has 0 heterocycles. The standard InChI is InChI=1S/C13H18ClN3O3S/c1-18-5-4-15-13(21)17-16-8-9-6-10(14)12(20-3)11(7-9)19-2/h6-8H,4-5H2,1-3H3,(H2,15,17,21)/b16-8+. The van der Waals surface area contributed by atoms with E-state index in [1.54, 1.807) is 32.6 Å². The quantitative estimate of drug-likeness (QED) is 0.344. The van der Waals surface area contributed by atoms with Gasteiger partial charge in [-0.1, -0.05) is 11.6 Å². The highest BCUT2D eigenvalue weighted by Crippen LogP contribution is 2.35. The van der Waals surface area contributed by atoms with Gasteiger partial charge in [-0.3, -0.25) is 5.43 Å². The Kier molecular flexibility index (Phi) is 7.81. The maximum Gasteiger partial charge on any atom is 0.187 e. The first-order valence-electron chi connectivity index (χ1n) is 6.09. The second-order valence-corrected chi connectivity index (χ2v) is 4.67.